The van der Waals surface area contributed by atoms with Crippen LogP contribution >= 0.6 is 22.9 Å². The van der Waals surface area contributed by atoms with Crippen molar-refractivity contribution in [2.24, 2.45) is 0 Å². The van der Waals surface area contributed by atoms with Crippen LogP contribution < -0.4 is 0 Å². The number of hydrogen-bond donors (Lipinski definition) is 1. The lowest BCUT2D eigenvalue weighted by atomic mass is 10.1. The number of rotatable bonds is 1. The quantitative estimate of drug-likeness (QED) is 0.774. The Labute approximate surface area is 91.6 Å². The second kappa shape index (κ2) is 3.64. The van der Waals surface area contributed by atoms with Crippen molar-refractivity contribution in [1.82, 2.24) is 0 Å². The molecule has 1 aromatic carbocycles. The Balaban J connectivity index is 2.55. The molecule has 0 amide bonds. The Morgan fingerprint density at radius 3 is 2.64 bits per heavy atom. The molecule has 0 saturated carbocycles. The third kappa shape index (κ3) is 1.76. The number of hydrogen-bond acceptors (Lipinski definition) is 2. The van der Waals surface area contributed by atoms with Gasteiger partial charge in [0.1, 0.15) is 5.75 Å². The first kappa shape index (κ1) is 9.56. The maximum Gasteiger partial charge on any atom is 0.124 e. The molecule has 1 nitrogen and oxygen atoms in total. The van der Waals surface area contributed by atoms with E-state index in [1.165, 1.54) is 4.88 Å². The van der Waals surface area contributed by atoms with Gasteiger partial charge in [0.15, 0.2) is 0 Å². The fourth-order valence-corrected chi connectivity index (χ4v) is 2.35. The number of aryl methyl sites for hydroxylation is 1. The van der Waals surface area contributed by atoms with Gasteiger partial charge in [0.05, 0.1) is 0 Å². The molecule has 0 fully saturated rings. The van der Waals surface area contributed by atoms with Crippen LogP contribution in [-0.2, 0) is 0 Å². The van der Waals surface area contributed by atoms with E-state index in [9.17, 15) is 5.11 Å². The molecule has 3 heteroatoms. The summed E-state index contributed by atoms with van der Waals surface area (Å²) in [5.74, 6) is 0.274. The van der Waals surface area contributed by atoms with E-state index in [2.05, 4.69) is 0 Å². The monoisotopic (exact) mass is 224 g/mol. The minimum Gasteiger partial charge on any atom is -0.507 e. The van der Waals surface area contributed by atoms with Gasteiger partial charge in [0, 0.05) is 20.3 Å². The highest BCUT2D eigenvalue weighted by molar-refractivity contribution is 7.15. The third-order valence-corrected chi connectivity index (χ3v) is 3.23. The van der Waals surface area contributed by atoms with Crippen molar-refractivity contribution in [1.29, 1.82) is 0 Å². The van der Waals surface area contributed by atoms with E-state index >= 15 is 0 Å². The Morgan fingerprint density at radius 1 is 1.21 bits per heavy atom. The van der Waals surface area contributed by atoms with Gasteiger partial charge in [-0.3, -0.25) is 0 Å². The molecule has 72 valence electrons. The average Bonchev–Trinajstić information content (AvgIpc) is 2.56. The smallest absolute Gasteiger partial charge is 0.124 e. The molecule has 0 aliphatic rings. The van der Waals surface area contributed by atoms with Crippen molar-refractivity contribution in [3.05, 3.63) is 40.2 Å². The molecule has 0 saturated heterocycles. The van der Waals surface area contributed by atoms with Crippen LogP contribution in [0.4, 0.5) is 0 Å². The molecule has 1 aromatic heterocycles. The van der Waals surface area contributed by atoms with Crippen molar-refractivity contribution in [3.8, 4) is 16.2 Å². The summed E-state index contributed by atoms with van der Waals surface area (Å²) in [4.78, 5) is 2.27. The van der Waals surface area contributed by atoms with Crippen LogP contribution in [0.5, 0.6) is 5.75 Å². The molecule has 0 bridgehead atoms. The Kier molecular flexibility index (Phi) is 2.48. The zero-order valence-electron chi connectivity index (χ0n) is 7.62. The van der Waals surface area contributed by atoms with E-state index in [0.29, 0.717) is 5.02 Å². The third-order valence-electron chi connectivity index (χ3n) is 1.96. The molecule has 0 aliphatic heterocycles. The summed E-state index contributed by atoms with van der Waals surface area (Å²) >= 11 is 7.51. The fourth-order valence-electron chi connectivity index (χ4n) is 1.28. The first-order chi connectivity index (χ1) is 6.66. The summed E-state index contributed by atoms with van der Waals surface area (Å²) in [5.41, 5.74) is 0.801. The van der Waals surface area contributed by atoms with Gasteiger partial charge in [-0.15, -0.1) is 11.3 Å². The van der Waals surface area contributed by atoms with Crippen molar-refractivity contribution in [2.75, 3.05) is 0 Å². The van der Waals surface area contributed by atoms with Crippen molar-refractivity contribution < 1.29 is 5.11 Å². The second-order valence-corrected chi connectivity index (χ2v) is 4.80. The number of benzene rings is 1. The summed E-state index contributed by atoms with van der Waals surface area (Å²) < 4.78 is 0. The second-order valence-electron chi connectivity index (χ2n) is 3.07. The van der Waals surface area contributed by atoms with Gasteiger partial charge in [-0.05, 0) is 37.3 Å². The van der Waals surface area contributed by atoms with Crippen LogP contribution in [-0.4, -0.2) is 5.11 Å². The highest BCUT2D eigenvalue weighted by atomic mass is 35.5. The van der Waals surface area contributed by atoms with Gasteiger partial charge in [0.25, 0.3) is 0 Å². The molecule has 2 rings (SSSR count). The first-order valence-electron chi connectivity index (χ1n) is 4.22. The van der Waals surface area contributed by atoms with Crippen LogP contribution in [0, 0.1) is 6.92 Å². The first-order valence-corrected chi connectivity index (χ1v) is 5.41. The standard InChI is InChI=1S/C11H9ClOS/c1-7-2-5-11(14-7)9-6-8(12)3-4-10(9)13/h2-6,13H,1H3. The minimum atomic E-state index is 0.274. The maximum atomic E-state index is 9.65. The van der Waals surface area contributed by atoms with E-state index in [0.717, 1.165) is 10.4 Å². The Morgan fingerprint density at radius 2 is 2.00 bits per heavy atom. The summed E-state index contributed by atoms with van der Waals surface area (Å²) in [6.07, 6.45) is 0. The average molecular weight is 225 g/mol. The lowest BCUT2D eigenvalue weighted by Crippen LogP contribution is -1.74. The number of phenolic OH excluding ortho intramolecular Hbond substituents is 1. The maximum absolute atomic E-state index is 9.65. The van der Waals surface area contributed by atoms with Crippen molar-refractivity contribution in [2.45, 2.75) is 6.92 Å². The van der Waals surface area contributed by atoms with Gasteiger partial charge in [-0.2, -0.15) is 0 Å². The number of halogens is 1. The Bertz CT molecular complexity index is 462. The lowest BCUT2D eigenvalue weighted by Gasteiger charge is -2.01. The van der Waals surface area contributed by atoms with Crippen molar-refractivity contribution >= 4 is 22.9 Å². The highest BCUT2D eigenvalue weighted by Crippen LogP contribution is 2.35. The predicted octanol–water partition coefficient (Wildman–Crippen LogP) is 4.08. The minimum absolute atomic E-state index is 0.274. The zero-order chi connectivity index (χ0) is 10.1. The topological polar surface area (TPSA) is 20.2 Å². The predicted molar refractivity (Wildman–Crippen MR) is 61.2 cm³/mol. The lowest BCUT2D eigenvalue weighted by molar-refractivity contribution is 0.477. The van der Waals surface area contributed by atoms with Gasteiger partial charge in [-0.1, -0.05) is 11.6 Å². The largest absolute Gasteiger partial charge is 0.507 e. The van der Waals surface area contributed by atoms with E-state index in [4.69, 9.17) is 11.6 Å². The van der Waals surface area contributed by atoms with Gasteiger partial charge in [0.2, 0.25) is 0 Å². The summed E-state index contributed by atoms with van der Waals surface area (Å²) in [6.45, 7) is 2.04. The summed E-state index contributed by atoms with van der Waals surface area (Å²) in [6, 6.07) is 9.10. The number of phenols is 1. The molecular formula is C11H9ClOS. The van der Waals surface area contributed by atoms with E-state index in [1.807, 2.05) is 19.1 Å². The molecule has 0 atom stereocenters. The highest BCUT2D eigenvalue weighted by Gasteiger charge is 2.06. The molecule has 0 unspecified atom stereocenters. The SMILES string of the molecule is Cc1ccc(-c2cc(Cl)ccc2O)s1. The van der Waals surface area contributed by atoms with Crippen molar-refractivity contribution in [3.63, 3.8) is 0 Å². The molecular weight excluding hydrogens is 216 g/mol. The van der Waals surface area contributed by atoms with Gasteiger partial charge in [-0.25, -0.2) is 0 Å². The van der Waals surface area contributed by atoms with Gasteiger partial charge >= 0.3 is 0 Å². The molecule has 0 radical (unpaired) electrons. The summed E-state index contributed by atoms with van der Waals surface area (Å²) in [5, 5.41) is 10.3. The van der Waals surface area contributed by atoms with Crippen LogP contribution in [0.1, 0.15) is 4.88 Å². The Hall–Kier alpha value is -0.990. The summed E-state index contributed by atoms with van der Waals surface area (Å²) in [7, 11) is 0. The molecule has 1 heterocycles. The van der Waals surface area contributed by atoms with Crippen LogP contribution in [0.2, 0.25) is 5.02 Å². The van der Waals surface area contributed by atoms with Gasteiger partial charge < -0.3 is 5.11 Å². The van der Waals surface area contributed by atoms with E-state index in [1.54, 1.807) is 29.5 Å². The molecule has 1 N–H and O–H groups in total. The molecule has 2 aromatic rings. The zero-order valence-corrected chi connectivity index (χ0v) is 9.19. The number of aromatic hydroxyl groups is 1. The normalized spacial score (nSPS) is 10.4. The van der Waals surface area contributed by atoms with Crippen LogP contribution in [0.25, 0.3) is 10.4 Å². The van der Waals surface area contributed by atoms with Crippen LogP contribution in [0.15, 0.2) is 30.3 Å². The molecule has 14 heavy (non-hydrogen) atoms. The molecule has 0 spiro atoms. The number of thiophene rings is 1. The fraction of sp³-hybridized carbons (Fsp3) is 0.0909. The molecule has 0 aliphatic carbocycles. The van der Waals surface area contributed by atoms with E-state index < -0.39 is 0 Å². The van der Waals surface area contributed by atoms with Crippen LogP contribution in [0.3, 0.4) is 0 Å². The van der Waals surface area contributed by atoms with E-state index in [-0.39, 0.29) is 5.75 Å².